The van der Waals surface area contributed by atoms with Crippen LogP contribution in [0.2, 0.25) is 0 Å². The summed E-state index contributed by atoms with van der Waals surface area (Å²) in [4.78, 5) is 0. The highest BCUT2D eigenvalue weighted by atomic mass is 31.2. The number of ether oxygens (including phenoxy) is 1. The van der Waals surface area contributed by atoms with Gasteiger partial charge in [0.25, 0.3) is 0 Å². The third-order valence-corrected chi connectivity index (χ3v) is 4.95. The van der Waals surface area contributed by atoms with Gasteiger partial charge in [-0.25, -0.2) is 0 Å². The van der Waals surface area contributed by atoms with Gasteiger partial charge in [0.15, 0.2) is 5.85 Å². The lowest BCUT2D eigenvalue weighted by Crippen LogP contribution is -2.07. The van der Waals surface area contributed by atoms with E-state index in [1.54, 1.807) is 13.2 Å². The third-order valence-electron chi connectivity index (χ3n) is 3.49. The Morgan fingerprint density at radius 3 is 1.72 bits per heavy atom. The molecule has 3 rings (SSSR count). The number of rotatable bonds is 7. The van der Waals surface area contributed by atoms with Gasteiger partial charge < -0.3 is 18.9 Å². The predicted octanol–water partition coefficient (Wildman–Crippen LogP) is 5.16. The fourth-order valence-corrected chi connectivity index (χ4v) is 3.62. The van der Waals surface area contributed by atoms with E-state index in [-0.39, 0.29) is 0 Å². The lowest BCUT2D eigenvalue weighted by atomic mass is 10.2. The average Bonchev–Trinajstić information content (AvgIpc) is 2.68. The predicted molar refractivity (Wildman–Crippen MR) is 99.0 cm³/mol. The smallest absolute Gasteiger partial charge is 0.326 e. The SMILES string of the molecule is COc1ccccc1C(O)P(Oc1ccccc1)Oc1ccccc1. The monoisotopic (exact) mass is 354 g/mol. The Bertz CT molecular complexity index is 738. The molecule has 0 fully saturated rings. The molecule has 0 saturated heterocycles. The van der Waals surface area contributed by atoms with Gasteiger partial charge in [0.2, 0.25) is 0 Å². The van der Waals surface area contributed by atoms with Gasteiger partial charge >= 0.3 is 8.38 Å². The number of hydrogen-bond acceptors (Lipinski definition) is 4. The van der Waals surface area contributed by atoms with E-state index >= 15 is 0 Å². The quantitative estimate of drug-likeness (QED) is 0.596. The number of aliphatic hydroxyl groups excluding tert-OH is 1. The molecule has 0 heterocycles. The average molecular weight is 354 g/mol. The Labute approximate surface area is 148 Å². The molecule has 0 amide bonds. The fraction of sp³-hybridized carbons (Fsp3) is 0.100. The van der Waals surface area contributed by atoms with Crippen molar-refractivity contribution in [1.29, 1.82) is 0 Å². The second-order valence-electron chi connectivity index (χ2n) is 5.21. The molecule has 128 valence electrons. The minimum Gasteiger partial charge on any atom is -0.496 e. The largest absolute Gasteiger partial charge is 0.496 e. The highest BCUT2D eigenvalue weighted by Crippen LogP contribution is 2.52. The first-order valence-corrected chi connectivity index (χ1v) is 9.09. The van der Waals surface area contributed by atoms with Crippen LogP contribution < -0.4 is 13.8 Å². The Morgan fingerprint density at radius 1 is 0.720 bits per heavy atom. The fourth-order valence-electron chi connectivity index (χ4n) is 2.28. The normalized spacial score (nSPS) is 11.8. The van der Waals surface area contributed by atoms with Crippen molar-refractivity contribution in [3.8, 4) is 17.2 Å². The summed E-state index contributed by atoms with van der Waals surface area (Å²) in [6.45, 7) is 0. The van der Waals surface area contributed by atoms with E-state index in [1.165, 1.54) is 0 Å². The van der Waals surface area contributed by atoms with E-state index in [0.29, 0.717) is 22.8 Å². The Morgan fingerprint density at radius 2 is 1.20 bits per heavy atom. The molecular weight excluding hydrogens is 335 g/mol. The molecule has 4 nitrogen and oxygen atoms in total. The van der Waals surface area contributed by atoms with Gasteiger partial charge in [0.05, 0.1) is 7.11 Å². The Hall–Kier alpha value is -2.55. The summed E-state index contributed by atoms with van der Waals surface area (Å²) in [5.41, 5.74) is 0.628. The van der Waals surface area contributed by atoms with Crippen molar-refractivity contribution in [3.63, 3.8) is 0 Å². The van der Waals surface area contributed by atoms with Crippen LogP contribution in [0.15, 0.2) is 84.9 Å². The van der Waals surface area contributed by atoms with E-state index in [2.05, 4.69) is 0 Å². The van der Waals surface area contributed by atoms with E-state index in [1.807, 2.05) is 78.9 Å². The van der Waals surface area contributed by atoms with Crippen LogP contribution in [0.25, 0.3) is 0 Å². The van der Waals surface area contributed by atoms with Crippen LogP contribution in [0.5, 0.6) is 17.2 Å². The molecule has 0 bridgehead atoms. The molecule has 0 radical (unpaired) electrons. The summed E-state index contributed by atoms with van der Waals surface area (Å²) in [6, 6.07) is 26.0. The van der Waals surface area contributed by atoms with Crippen molar-refractivity contribution in [2.75, 3.05) is 7.11 Å². The molecule has 3 aromatic carbocycles. The van der Waals surface area contributed by atoms with Gasteiger partial charge in [0.1, 0.15) is 17.2 Å². The van der Waals surface area contributed by atoms with Crippen LogP contribution in [0.4, 0.5) is 0 Å². The minimum absolute atomic E-state index is 0.593. The summed E-state index contributed by atoms with van der Waals surface area (Å²) >= 11 is 0. The Kier molecular flexibility index (Phi) is 5.89. The first kappa shape index (κ1) is 17.3. The number of benzene rings is 3. The van der Waals surface area contributed by atoms with E-state index in [0.717, 1.165) is 0 Å². The molecule has 5 heteroatoms. The maximum Gasteiger partial charge on any atom is 0.326 e. The van der Waals surface area contributed by atoms with Gasteiger partial charge in [-0.1, -0.05) is 54.6 Å². The second kappa shape index (κ2) is 8.52. The van der Waals surface area contributed by atoms with Crippen LogP contribution in [0.1, 0.15) is 11.4 Å². The Balaban J connectivity index is 1.89. The number of hydrogen-bond donors (Lipinski definition) is 1. The molecule has 1 atom stereocenters. The molecule has 0 saturated carbocycles. The molecule has 0 aliphatic carbocycles. The van der Waals surface area contributed by atoms with Crippen molar-refractivity contribution in [1.82, 2.24) is 0 Å². The maximum atomic E-state index is 10.9. The standard InChI is InChI=1S/C20H19O4P/c1-22-19-15-9-8-14-18(19)20(21)25(23-16-10-4-2-5-11-16)24-17-12-6-3-7-13-17/h2-15,20-21H,1H3. The van der Waals surface area contributed by atoms with E-state index in [4.69, 9.17) is 13.8 Å². The number of para-hydroxylation sites is 3. The molecule has 3 aromatic rings. The highest BCUT2D eigenvalue weighted by Gasteiger charge is 2.29. The molecule has 0 aliphatic rings. The van der Waals surface area contributed by atoms with Gasteiger partial charge in [-0.05, 0) is 30.3 Å². The molecule has 0 spiro atoms. The minimum atomic E-state index is -1.70. The molecule has 0 aromatic heterocycles. The number of methoxy groups -OCH3 is 1. The summed E-state index contributed by atoms with van der Waals surface area (Å²) in [7, 11) is -0.124. The molecule has 25 heavy (non-hydrogen) atoms. The highest BCUT2D eigenvalue weighted by molar-refractivity contribution is 7.48. The van der Waals surface area contributed by atoms with Crippen molar-refractivity contribution < 1.29 is 18.9 Å². The van der Waals surface area contributed by atoms with Crippen LogP contribution in [-0.2, 0) is 0 Å². The zero-order valence-corrected chi connectivity index (χ0v) is 14.7. The first-order chi connectivity index (χ1) is 12.3. The van der Waals surface area contributed by atoms with Crippen molar-refractivity contribution in [2.45, 2.75) is 5.85 Å². The molecule has 0 aliphatic heterocycles. The van der Waals surface area contributed by atoms with Crippen LogP contribution >= 0.6 is 8.38 Å². The van der Waals surface area contributed by atoms with Gasteiger partial charge in [-0.15, -0.1) is 0 Å². The molecule has 1 N–H and O–H groups in total. The lowest BCUT2D eigenvalue weighted by molar-refractivity contribution is 0.231. The summed E-state index contributed by atoms with van der Waals surface area (Å²) in [6.07, 6.45) is 0. The van der Waals surface area contributed by atoms with Gasteiger partial charge in [0, 0.05) is 5.56 Å². The molecular formula is C20H19O4P. The summed E-state index contributed by atoms with van der Waals surface area (Å²) in [5, 5.41) is 10.9. The summed E-state index contributed by atoms with van der Waals surface area (Å²) in [5.74, 6) is 0.902. The first-order valence-electron chi connectivity index (χ1n) is 7.84. The molecule has 1 unspecified atom stereocenters. The third kappa shape index (κ3) is 4.50. The van der Waals surface area contributed by atoms with Crippen molar-refractivity contribution >= 4 is 8.38 Å². The van der Waals surface area contributed by atoms with Gasteiger partial charge in [-0.3, -0.25) is 0 Å². The van der Waals surface area contributed by atoms with Crippen molar-refractivity contribution in [3.05, 3.63) is 90.5 Å². The lowest BCUT2D eigenvalue weighted by Gasteiger charge is -2.24. The maximum absolute atomic E-state index is 10.9. The zero-order valence-electron chi connectivity index (χ0n) is 13.8. The summed E-state index contributed by atoms with van der Waals surface area (Å²) < 4.78 is 17.3. The second-order valence-corrected chi connectivity index (χ2v) is 6.63. The topological polar surface area (TPSA) is 47.9 Å². The van der Waals surface area contributed by atoms with Crippen LogP contribution in [0.3, 0.4) is 0 Å². The van der Waals surface area contributed by atoms with E-state index in [9.17, 15) is 5.11 Å². The van der Waals surface area contributed by atoms with Gasteiger partial charge in [-0.2, -0.15) is 0 Å². The van der Waals surface area contributed by atoms with Crippen molar-refractivity contribution in [2.24, 2.45) is 0 Å². The zero-order chi connectivity index (χ0) is 17.5. The van der Waals surface area contributed by atoms with E-state index < -0.39 is 14.2 Å². The van der Waals surface area contributed by atoms with Crippen LogP contribution in [-0.4, -0.2) is 12.2 Å². The van der Waals surface area contributed by atoms with Crippen LogP contribution in [0, 0.1) is 0 Å². The number of aliphatic hydroxyl groups is 1.